The van der Waals surface area contributed by atoms with Crippen molar-refractivity contribution in [3.8, 4) is 28.5 Å². The van der Waals surface area contributed by atoms with Gasteiger partial charge in [0, 0.05) is 23.1 Å². The SMILES string of the molecule is CCOC(=O)Oc1c(-c2ccc3nsnc3c2)c2cc([N+](=O)[O-])ccc2n1Cc1cc(OC)ccc1OC. The Kier molecular flexibility index (Phi) is 6.79. The first-order valence-electron chi connectivity index (χ1n) is 11.5. The molecule has 0 bridgehead atoms. The summed E-state index contributed by atoms with van der Waals surface area (Å²) >= 11 is 1.08. The van der Waals surface area contributed by atoms with E-state index in [1.54, 1.807) is 56.0 Å². The van der Waals surface area contributed by atoms with Gasteiger partial charge in [-0.25, -0.2) is 4.79 Å². The molecule has 0 aliphatic heterocycles. The van der Waals surface area contributed by atoms with Crippen LogP contribution in [0.1, 0.15) is 12.5 Å². The second-order valence-electron chi connectivity index (χ2n) is 8.16. The topological polar surface area (TPSA) is 128 Å². The standard InChI is InChI=1S/C26H22N4O7S/c1-4-36-26(31)37-25-24(15-5-8-20-21(12-15)28-38-27-20)19-13-17(30(32)33)6-9-22(19)29(25)14-16-11-18(34-2)7-10-23(16)35-3/h5-13H,4,14H2,1-3H3. The van der Waals surface area contributed by atoms with Gasteiger partial charge in [0.15, 0.2) is 0 Å². The molecule has 0 amide bonds. The zero-order chi connectivity index (χ0) is 26.8. The number of ether oxygens (including phenoxy) is 4. The Labute approximate surface area is 220 Å². The van der Waals surface area contributed by atoms with E-state index in [1.807, 2.05) is 12.1 Å². The summed E-state index contributed by atoms with van der Waals surface area (Å²) in [6, 6.07) is 15.3. The van der Waals surface area contributed by atoms with Crippen LogP contribution in [0.4, 0.5) is 10.5 Å². The van der Waals surface area contributed by atoms with Gasteiger partial charge < -0.3 is 23.5 Å². The average Bonchev–Trinajstić information content (AvgIpc) is 3.50. The number of nitro groups is 1. The van der Waals surface area contributed by atoms with Gasteiger partial charge in [-0.1, -0.05) is 6.07 Å². The van der Waals surface area contributed by atoms with Gasteiger partial charge in [0.05, 0.1) is 55.1 Å². The summed E-state index contributed by atoms with van der Waals surface area (Å²) in [5, 5.41) is 12.2. The van der Waals surface area contributed by atoms with E-state index in [2.05, 4.69) is 8.75 Å². The first-order valence-corrected chi connectivity index (χ1v) is 12.2. The van der Waals surface area contributed by atoms with Gasteiger partial charge in [-0.15, -0.1) is 0 Å². The van der Waals surface area contributed by atoms with Gasteiger partial charge >= 0.3 is 6.16 Å². The van der Waals surface area contributed by atoms with Crippen molar-refractivity contribution in [3.63, 3.8) is 0 Å². The fraction of sp³-hybridized carbons (Fsp3) is 0.192. The molecule has 0 saturated carbocycles. The molecule has 38 heavy (non-hydrogen) atoms. The molecule has 11 nitrogen and oxygen atoms in total. The molecule has 5 aromatic rings. The monoisotopic (exact) mass is 534 g/mol. The van der Waals surface area contributed by atoms with E-state index in [0.29, 0.717) is 44.6 Å². The highest BCUT2D eigenvalue weighted by Crippen LogP contribution is 2.43. The minimum Gasteiger partial charge on any atom is -0.497 e. The number of carbonyl (C=O) groups is 1. The Hall–Kier alpha value is -4.71. The number of aromatic nitrogens is 3. The highest BCUT2D eigenvalue weighted by Gasteiger charge is 2.26. The van der Waals surface area contributed by atoms with Crippen molar-refractivity contribution < 1.29 is 28.7 Å². The molecule has 0 spiro atoms. The summed E-state index contributed by atoms with van der Waals surface area (Å²) in [5.74, 6) is 1.36. The summed E-state index contributed by atoms with van der Waals surface area (Å²) in [7, 11) is 3.12. The van der Waals surface area contributed by atoms with Crippen molar-refractivity contribution in [2.75, 3.05) is 20.8 Å². The number of methoxy groups -OCH3 is 2. The van der Waals surface area contributed by atoms with Crippen molar-refractivity contribution >= 4 is 45.5 Å². The first kappa shape index (κ1) is 25.0. The second-order valence-corrected chi connectivity index (χ2v) is 8.68. The fourth-order valence-corrected chi connectivity index (χ4v) is 4.83. The first-order chi connectivity index (χ1) is 18.4. The van der Waals surface area contributed by atoms with E-state index >= 15 is 0 Å². The van der Waals surface area contributed by atoms with E-state index in [-0.39, 0.29) is 24.7 Å². The molecule has 2 heterocycles. The van der Waals surface area contributed by atoms with Crippen LogP contribution < -0.4 is 14.2 Å². The quantitative estimate of drug-likeness (QED) is 0.137. The molecule has 3 aromatic carbocycles. The molecular weight excluding hydrogens is 512 g/mol. The zero-order valence-corrected chi connectivity index (χ0v) is 21.5. The molecule has 5 rings (SSSR count). The summed E-state index contributed by atoms with van der Waals surface area (Å²) in [5.41, 5.74) is 3.72. The normalized spacial score (nSPS) is 11.0. The molecular formula is C26H22N4O7S. The highest BCUT2D eigenvalue weighted by molar-refractivity contribution is 7.00. The largest absolute Gasteiger partial charge is 0.515 e. The van der Waals surface area contributed by atoms with Crippen LogP contribution >= 0.6 is 11.7 Å². The Morgan fingerprint density at radius 2 is 1.84 bits per heavy atom. The maximum Gasteiger partial charge on any atom is 0.515 e. The number of fused-ring (bicyclic) bond motifs is 2. The van der Waals surface area contributed by atoms with Crippen molar-refractivity contribution in [2.24, 2.45) is 0 Å². The van der Waals surface area contributed by atoms with Gasteiger partial charge in [-0.05, 0) is 48.9 Å². The maximum atomic E-state index is 12.6. The molecule has 0 aliphatic rings. The molecule has 0 N–H and O–H groups in total. The van der Waals surface area contributed by atoms with Crippen molar-refractivity contribution in [1.29, 1.82) is 0 Å². The van der Waals surface area contributed by atoms with Crippen molar-refractivity contribution in [1.82, 2.24) is 13.3 Å². The van der Waals surface area contributed by atoms with Crippen LogP contribution in [0, 0.1) is 10.1 Å². The van der Waals surface area contributed by atoms with Crippen molar-refractivity contribution in [2.45, 2.75) is 13.5 Å². The number of non-ortho nitro benzene ring substituents is 1. The Morgan fingerprint density at radius 3 is 2.58 bits per heavy atom. The number of hydrogen-bond acceptors (Lipinski definition) is 10. The molecule has 0 radical (unpaired) electrons. The molecule has 12 heteroatoms. The van der Waals surface area contributed by atoms with Gasteiger partial charge in [-0.3, -0.25) is 10.1 Å². The third-order valence-corrected chi connectivity index (χ3v) is 6.57. The van der Waals surface area contributed by atoms with Gasteiger partial charge in [0.25, 0.3) is 5.69 Å². The Balaban J connectivity index is 1.81. The number of nitro benzene ring substituents is 1. The number of rotatable bonds is 8. The van der Waals surface area contributed by atoms with Gasteiger partial charge in [0.2, 0.25) is 5.88 Å². The minimum absolute atomic E-state index is 0.103. The number of carbonyl (C=O) groups excluding carboxylic acids is 1. The van der Waals surface area contributed by atoms with Gasteiger partial charge in [-0.2, -0.15) is 8.75 Å². The lowest BCUT2D eigenvalue weighted by Crippen LogP contribution is -2.14. The minimum atomic E-state index is -0.902. The molecule has 0 saturated heterocycles. The lowest BCUT2D eigenvalue weighted by atomic mass is 10.0. The fourth-order valence-electron chi connectivity index (χ4n) is 4.31. The lowest BCUT2D eigenvalue weighted by Gasteiger charge is -2.15. The van der Waals surface area contributed by atoms with Crippen LogP contribution in [0.25, 0.3) is 33.1 Å². The van der Waals surface area contributed by atoms with Crippen LogP contribution in [0.3, 0.4) is 0 Å². The van der Waals surface area contributed by atoms with Crippen LogP contribution in [0.2, 0.25) is 0 Å². The Bertz CT molecular complexity index is 1680. The summed E-state index contributed by atoms with van der Waals surface area (Å²) in [6.45, 7) is 1.98. The predicted octanol–water partition coefficient (Wildman–Crippen LogP) is 5.82. The molecule has 2 aromatic heterocycles. The Morgan fingerprint density at radius 1 is 1.03 bits per heavy atom. The lowest BCUT2D eigenvalue weighted by molar-refractivity contribution is -0.384. The van der Waals surface area contributed by atoms with E-state index < -0.39 is 11.1 Å². The van der Waals surface area contributed by atoms with Gasteiger partial charge in [0.1, 0.15) is 22.5 Å². The number of benzene rings is 3. The second kappa shape index (κ2) is 10.3. The smallest absolute Gasteiger partial charge is 0.497 e. The van der Waals surface area contributed by atoms with Crippen LogP contribution in [0.15, 0.2) is 54.6 Å². The summed E-state index contributed by atoms with van der Waals surface area (Å²) < 4.78 is 32.2. The van der Waals surface area contributed by atoms with E-state index in [4.69, 9.17) is 18.9 Å². The van der Waals surface area contributed by atoms with E-state index in [0.717, 1.165) is 17.3 Å². The highest BCUT2D eigenvalue weighted by atomic mass is 32.1. The van der Waals surface area contributed by atoms with E-state index in [1.165, 1.54) is 12.1 Å². The van der Waals surface area contributed by atoms with Crippen LogP contribution in [-0.2, 0) is 11.3 Å². The average molecular weight is 535 g/mol. The molecule has 0 aliphatic carbocycles. The third kappa shape index (κ3) is 4.57. The predicted molar refractivity (Wildman–Crippen MR) is 141 cm³/mol. The summed E-state index contributed by atoms with van der Waals surface area (Å²) in [6.07, 6.45) is -0.902. The third-order valence-electron chi connectivity index (χ3n) is 6.01. The maximum absolute atomic E-state index is 12.6. The zero-order valence-electron chi connectivity index (χ0n) is 20.7. The molecule has 0 unspecified atom stereocenters. The van der Waals surface area contributed by atoms with Crippen molar-refractivity contribution in [3.05, 3.63) is 70.3 Å². The van der Waals surface area contributed by atoms with Crippen LogP contribution in [0.5, 0.6) is 17.4 Å². The van der Waals surface area contributed by atoms with Crippen LogP contribution in [-0.4, -0.2) is 45.2 Å². The number of hydrogen-bond donors (Lipinski definition) is 0. The number of nitrogens with zero attached hydrogens (tertiary/aromatic N) is 4. The molecule has 0 fully saturated rings. The summed E-state index contributed by atoms with van der Waals surface area (Å²) in [4.78, 5) is 23.8. The molecule has 194 valence electrons. The molecule has 0 atom stereocenters. The van der Waals surface area contributed by atoms with E-state index in [9.17, 15) is 14.9 Å².